The average Bonchev–Trinajstić information content (AvgIpc) is 2.89. The first kappa shape index (κ1) is 19.1. The van der Waals surface area contributed by atoms with Gasteiger partial charge in [-0.05, 0) is 33.3 Å². The number of ether oxygens (including phenoxy) is 4. The molecule has 136 valence electrons. The Balaban J connectivity index is 1.90. The Morgan fingerprint density at radius 3 is 2.32 bits per heavy atom. The maximum Gasteiger partial charge on any atom is 0.347 e. The van der Waals surface area contributed by atoms with Crippen molar-refractivity contribution in [3.63, 3.8) is 0 Å². The van der Waals surface area contributed by atoms with Crippen LogP contribution >= 0.6 is 0 Å². The van der Waals surface area contributed by atoms with Gasteiger partial charge in [-0.25, -0.2) is 9.59 Å². The number of hydrogen-bond acceptors (Lipinski definition) is 7. The molecule has 1 heterocycles. The molecular weight excluding hydrogens is 328 g/mol. The normalized spacial score (nSPS) is 22.9. The van der Waals surface area contributed by atoms with E-state index in [1.165, 1.54) is 13.8 Å². The van der Waals surface area contributed by atoms with Crippen molar-refractivity contribution < 1.29 is 33.3 Å². The van der Waals surface area contributed by atoms with Crippen LogP contribution in [-0.2, 0) is 39.9 Å². The second kappa shape index (κ2) is 7.76. The van der Waals surface area contributed by atoms with Crippen molar-refractivity contribution in [1.82, 2.24) is 0 Å². The third kappa shape index (κ3) is 5.11. The SMILES string of the molecule is CC(=O)[C@@H]1OC(C)(C)O[C@H]1C(=O)O[C@@H](C)C(=O)OCc1ccccc1. The van der Waals surface area contributed by atoms with Crippen molar-refractivity contribution in [2.45, 2.75) is 58.4 Å². The molecule has 1 fully saturated rings. The van der Waals surface area contributed by atoms with E-state index in [-0.39, 0.29) is 12.4 Å². The van der Waals surface area contributed by atoms with Crippen LogP contribution in [-0.4, -0.2) is 41.8 Å². The summed E-state index contributed by atoms with van der Waals surface area (Å²) in [7, 11) is 0. The van der Waals surface area contributed by atoms with Crippen LogP contribution in [0, 0.1) is 0 Å². The summed E-state index contributed by atoms with van der Waals surface area (Å²) in [5.41, 5.74) is 0.820. The van der Waals surface area contributed by atoms with Gasteiger partial charge in [0.05, 0.1) is 0 Å². The minimum absolute atomic E-state index is 0.0771. The van der Waals surface area contributed by atoms with Gasteiger partial charge in [0.1, 0.15) is 6.61 Å². The molecule has 7 heteroatoms. The Kier molecular flexibility index (Phi) is 5.92. The number of ketones is 1. The highest BCUT2D eigenvalue weighted by molar-refractivity contribution is 5.90. The van der Waals surface area contributed by atoms with Crippen LogP contribution in [0.25, 0.3) is 0 Å². The second-order valence-electron chi connectivity index (χ2n) is 6.26. The van der Waals surface area contributed by atoms with Crippen molar-refractivity contribution >= 4 is 17.7 Å². The molecule has 0 spiro atoms. The molecule has 0 unspecified atom stereocenters. The zero-order chi connectivity index (χ0) is 18.6. The summed E-state index contributed by atoms with van der Waals surface area (Å²) < 4.78 is 21.0. The fourth-order valence-electron chi connectivity index (χ4n) is 2.37. The zero-order valence-electron chi connectivity index (χ0n) is 14.7. The van der Waals surface area contributed by atoms with Gasteiger partial charge in [-0.2, -0.15) is 0 Å². The van der Waals surface area contributed by atoms with Crippen LogP contribution in [0.4, 0.5) is 0 Å². The van der Waals surface area contributed by atoms with Crippen molar-refractivity contribution in [2.24, 2.45) is 0 Å². The van der Waals surface area contributed by atoms with Crippen LogP contribution in [0.2, 0.25) is 0 Å². The molecule has 1 saturated heterocycles. The molecule has 1 aromatic carbocycles. The van der Waals surface area contributed by atoms with Gasteiger partial charge < -0.3 is 18.9 Å². The number of benzene rings is 1. The minimum Gasteiger partial charge on any atom is -0.458 e. The van der Waals surface area contributed by atoms with Crippen molar-refractivity contribution in [3.05, 3.63) is 35.9 Å². The van der Waals surface area contributed by atoms with E-state index in [2.05, 4.69) is 0 Å². The smallest absolute Gasteiger partial charge is 0.347 e. The highest BCUT2D eigenvalue weighted by Gasteiger charge is 2.49. The van der Waals surface area contributed by atoms with Gasteiger partial charge >= 0.3 is 11.9 Å². The number of carbonyl (C=O) groups excluding carboxylic acids is 3. The molecule has 1 aliphatic heterocycles. The predicted octanol–water partition coefficient (Wildman–Crippen LogP) is 1.77. The maximum atomic E-state index is 12.2. The van der Waals surface area contributed by atoms with Gasteiger partial charge in [-0.3, -0.25) is 4.79 Å². The number of rotatable bonds is 6. The first-order chi connectivity index (χ1) is 11.7. The third-order valence-electron chi connectivity index (χ3n) is 3.58. The predicted molar refractivity (Wildman–Crippen MR) is 86.3 cm³/mol. The van der Waals surface area contributed by atoms with Gasteiger partial charge in [-0.15, -0.1) is 0 Å². The molecule has 7 nitrogen and oxygen atoms in total. The Bertz CT molecular complexity index is 638. The monoisotopic (exact) mass is 350 g/mol. The van der Waals surface area contributed by atoms with Crippen LogP contribution in [0.15, 0.2) is 30.3 Å². The first-order valence-corrected chi connectivity index (χ1v) is 7.97. The van der Waals surface area contributed by atoms with Gasteiger partial charge in [0.2, 0.25) is 0 Å². The maximum absolute atomic E-state index is 12.2. The fraction of sp³-hybridized carbons (Fsp3) is 0.500. The lowest BCUT2D eigenvalue weighted by atomic mass is 10.1. The average molecular weight is 350 g/mol. The molecule has 0 N–H and O–H groups in total. The summed E-state index contributed by atoms with van der Waals surface area (Å²) in [6, 6.07) is 9.13. The van der Waals surface area contributed by atoms with Gasteiger partial charge in [-0.1, -0.05) is 30.3 Å². The van der Waals surface area contributed by atoms with E-state index in [4.69, 9.17) is 18.9 Å². The molecule has 25 heavy (non-hydrogen) atoms. The quantitative estimate of drug-likeness (QED) is 0.723. The number of carbonyl (C=O) groups is 3. The van der Waals surface area contributed by atoms with Gasteiger partial charge in [0.15, 0.2) is 29.9 Å². The Labute approximate surface area is 146 Å². The van der Waals surface area contributed by atoms with E-state index < -0.39 is 36.0 Å². The molecule has 0 aromatic heterocycles. The van der Waals surface area contributed by atoms with Crippen molar-refractivity contribution in [1.29, 1.82) is 0 Å². The highest BCUT2D eigenvalue weighted by atomic mass is 16.8. The summed E-state index contributed by atoms with van der Waals surface area (Å²) >= 11 is 0. The lowest BCUT2D eigenvalue weighted by Crippen LogP contribution is -2.40. The molecule has 0 aliphatic carbocycles. The first-order valence-electron chi connectivity index (χ1n) is 7.97. The third-order valence-corrected chi connectivity index (χ3v) is 3.58. The van der Waals surface area contributed by atoms with E-state index in [0.717, 1.165) is 5.56 Å². The Morgan fingerprint density at radius 1 is 1.12 bits per heavy atom. The highest BCUT2D eigenvalue weighted by Crippen LogP contribution is 2.29. The fourth-order valence-corrected chi connectivity index (χ4v) is 2.37. The number of esters is 2. The Hall–Kier alpha value is -2.25. The van der Waals surface area contributed by atoms with Crippen molar-refractivity contribution in [3.8, 4) is 0 Å². The summed E-state index contributed by atoms with van der Waals surface area (Å²) in [6.07, 6.45) is -3.40. The van der Waals surface area contributed by atoms with Crippen molar-refractivity contribution in [2.75, 3.05) is 0 Å². The van der Waals surface area contributed by atoms with E-state index in [0.29, 0.717) is 0 Å². The van der Waals surface area contributed by atoms with Crippen LogP contribution in [0.3, 0.4) is 0 Å². The molecule has 0 saturated carbocycles. The minimum atomic E-state index is -1.21. The molecule has 0 radical (unpaired) electrons. The lowest BCUT2D eigenvalue weighted by molar-refractivity contribution is -0.180. The molecule has 3 atom stereocenters. The van der Waals surface area contributed by atoms with Crippen LogP contribution in [0.5, 0.6) is 0 Å². The standard InChI is InChI=1S/C18H22O7/c1-11(19)14-15(25-18(3,4)24-14)17(21)23-12(2)16(20)22-10-13-8-6-5-7-9-13/h5-9,12,14-15H,10H2,1-4H3/t12-,14-,15+/m0/s1. The topological polar surface area (TPSA) is 88.1 Å². The number of Topliss-reactive ketones (excluding diaryl/α,β-unsaturated/α-hetero) is 1. The summed E-state index contributed by atoms with van der Waals surface area (Å²) in [5, 5.41) is 0. The summed E-state index contributed by atoms with van der Waals surface area (Å²) in [5.74, 6) is -2.96. The van der Waals surface area contributed by atoms with Crippen LogP contribution < -0.4 is 0 Å². The van der Waals surface area contributed by atoms with Crippen LogP contribution in [0.1, 0.15) is 33.3 Å². The van der Waals surface area contributed by atoms with E-state index in [1.807, 2.05) is 30.3 Å². The zero-order valence-corrected chi connectivity index (χ0v) is 14.7. The summed E-state index contributed by atoms with van der Waals surface area (Å²) in [6.45, 7) is 5.96. The van der Waals surface area contributed by atoms with E-state index in [9.17, 15) is 14.4 Å². The Morgan fingerprint density at radius 2 is 1.72 bits per heavy atom. The van der Waals surface area contributed by atoms with E-state index >= 15 is 0 Å². The van der Waals surface area contributed by atoms with E-state index in [1.54, 1.807) is 13.8 Å². The second-order valence-corrected chi connectivity index (χ2v) is 6.26. The molecule has 0 bridgehead atoms. The summed E-state index contributed by atoms with van der Waals surface area (Å²) in [4.78, 5) is 35.8. The van der Waals surface area contributed by atoms with Gasteiger partial charge in [0.25, 0.3) is 0 Å². The number of hydrogen-bond donors (Lipinski definition) is 0. The molecular formula is C18H22O7. The largest absolute Gasteiger partial charge is 0.458 e. The molecule has 1 aromatic rings. The molecule has 2 rings (SSSR count). The lowest BCUT2D eigenvalue weighted by Gasteiger charge is -2.18. The van der Waals surface area contributed by atoms with Gasteiger partial charge in [0, 0.05) is 0 Å². The molecule has 1 aliphatic rings. The molecule has 0 amide bonds.